The molecule has 0 spiro atoms. The molecular formula is C25H39N3O3. The molecule has 0 aliphatic carbocycles. The second-order valence-corrected chi connectivity index (χ2v) is 9.32. The molecule has 0 aromatic heterocycles. The van der Waals surface area contributed by atoms with Gasteiger partial charge < -0.3 is 19.4 Å². The number of esters is 1. The van der Waals surface area contributed by atoms with E-state index in [-0.39, 0.29) is 17.9 Å². The van der Waals surface area contributed by atoms with Crippen molar-refractivity contribution in [2.45, 2.75) is 51.5 Å². The SMILES string of the molecule is CCOC(=O)C1(CCCc2ccccc2)CCN(C(=O)C[C@@H]2CN(C)CCN2C)CC1. The highest BCUT2D eigenvalue weighted by Crippen LogP contribution is 2.38. The number of carbonyl (C=O) groups excluding carboxylic acids is 2. The molecule has 0 radical (unpaired) electrons. The maximum absolute atomic E-state index is 13.0. The van der Waals surface area contributed by atoms with Crippen LogP contribution in [0, 0.1) is 5.41 Å². The predicted molar refractivity (Wildman–Crippen MR) is 123 cm³/mol. The number of likely N-dealkylation sites (tertiary alicyclic amines) is 1. The number of carbonyl (C=O) groups is 2. The molecule has 0 N–H and O–H groups in total. The molecule has 1 atom stereocenters. The molecule has 6 heteroatoms. The van der Waals surface area contributed by atoms with E-state index in [9.17, 15) is 9.59 Å². The molecule has 31 heavy (non-hydrogen) atoms. The highest BCUT2D eigenvalue weighted by atomic mass is 16.5. The number of ether oxygens (including phenoxy) is 1. The van der Waals surface area contributed by atoms with Gasteiger partial charge in [-0.25, -0.2) is 0 Å². The lowest BCUT2D eigenvalue weighted by Gasteiger charge is -2.42. The number of hydrogen-bond acceptors (Lipinski definition) is 5. The minimum absolute atomic E-state index is 0.0798. The van der Waals surface area contributed by atoms with E-state index in [0.717, 1.165) is 38.9 Å². The van der Waals surface area contributed by atoms with Gasteiger partial charge in [0.2, 0.25) is 5.91 Å². The van der Waals surface area contributed by atoms with E-state index in [1.54, 1.807) is 0 Å². The largest absolute Gasteiger partial charge is 0.466 e. The Morgan fingerprint density at radius 2 is 1.77 bits per heavy atom. The Balaban J connectivity index is 1.55. The lowest BCUT2D eigenvalue weighted by molar-refractivity contribution is -0.161. The van der Waals surface area contributed by atoms with Crippen LogP contribution in [0.5, 0.6) is 0 Å². The van der Waals surface area contributed by atoms with Crippen molar-refractivity contribution in [3.8, 4) is 0 Å². The molecule has 3 rings (SSSR count). The molecule has 1 amide bonds. The summed E-state index contributed by atoms with van der Waals surface area (Å²) in [5, 5.41) is 0. The Bertz CT molecular complexity index is 716. The quantitative estimate of drug-likeness (QED) is 0.595. The first kappa shape index (κ1) is 23.7. The number of amides is 1. The van der Waals surface area contributed by atoms with E-state index in [4.69, 9.17) is 4.74 Å². The molecule has 2 heterocycles. The number of aryl methyl sites for hydroxylation is 1. The summed E-state index contributed by atoms with van der Waals surface area (Å²) in [7, 11) is 4.23. The number of rotatable bonds is 8. The van der Waals surface area contributed by atoms with Crippen molar-refractivity contribution in [3.05, 3.63) is 35.9 Å². The van der Waals surface area contributed by atoms with Gasteiger partial charge in [0.25, 0.3) is 0 Å². The number of hydrogen-bond donors (Lipinski definition) is 0. The Morgan fingerprint density at radius 3 is 2.45 bits per heavy atom. The van der Waals surface area contributed by atoms with Gasteiger partial charge in [0, 0.05) is 45.2 Å². The van der Waals surface area contributed by atoms with Gasteiger partial charge in [-0.1, -0.05) is 30.3 Å². The Kier molecular flexibility index (Phi) is 8.50. The molecule has 0 unspecified atom stereocenters. The third kappa shape index (κ3) is 6.30. The summed E-state index contributed by atoms with van der Waals surface area (Å²) < 4.78 is 5.48. The fourth-order valence-corrected chi connectivity index (χ4v) is 4.95. The fourth-order valence-electron chi connectivity index (χ4n) is 4.95. The van der Waals surface area contributed by atoms with Crippen LogP contribution >= 0.6 is 0 Å². The van der Waals surface area contributed by atoms with Crippen molar-refractivity contribution in [1.29, 1.82) is 0 Å². The summed E-state index contributed by atoms with van der Waals surface area (Å²) in [5.74, 6) is 0.137. The zero-order chi connectivity index (χ0) is 22.3. The minimum atomic E-state index is -0.455. The van der Waals surface area contributed by atoms with Crippen LogP contribution < -0.4 is 0 Å². The van der Waals surface area contributed by atoms with Gasteiger partial charge in [-0.15, -0.1) is 0 Å². The number of nitrogens with zero attached hydrogens (tertiary/aromatic N) is 3. The maximum Gasteiger partial charge on any atom is 0.312 e. The van der Waals surface area contributed by atoms with Crippen LogP contribution in [0.2, 0.25) is 0 Å². The Hall–Kier alpha value is -1.92. The Morgan fingerprint density at radius 1 is 1.06 bits per heavy atom. The standard InChI is InChI=1S/C25H39N3O3/c1-4-31-24(30)25(12-8-11-21-9-6-5-7-10-21)13-15-28(16-14-25)23(29)19-22-20-26(2)17-18-27(22)3/h5-7,9-10,22H,4,8,11-20H2,1-3H3/t22-/m1/s1. The summed E-state index contributed by atoms with van der Waals surface area (Å²) in [6.45, 7) is 6.56. The summed E-state index contributed by atoms with van der Waals surface area (Å²) in [6.07, 6.45) is 4.70. The minimum Gasteiger partial charge on any atom is -0.466 e. The first-order valence-electron chi connectivity index (χ1n) is 11.8. The monoisotopic (exact) mass is 429 g/mol. The van der Waals surface area contributed by atoms with E-state index in [1.165, 1.54) is 5.56 Å². The van der Waals surface area contributed by atoms with Crippen LogP contribution in [0.3, 0.4) is 0 Å². The summed E-state index contributed by atoms with van der Waals surface area (Å²) >= 11 is 0. The average Bonchev–Trinajstić information content (AvgIpc) is 2.77. The molecule has 1 aromatic rings. The first-order valence-corrected chi connectivity index (χ1v) is 11.8. The van der Waals surface area contributed by atoms with E-state index in [2.05, 4.69) is 48.2 Å². The highest BCUT2D eigenvalue weighted by molar-refractivity contribution is 5.79. The molecular weight excluding hydrogens is 390 g/mol. The molecule has 2 saturated heterocycles. The van der Waals surface area contributed by atoms with E-state index in [0.29, 0.717) is 39.0 Å². The lowest BCUT2D eigenvalue weighted by atomic mass is 9.74. The number of benzene rings is 1. The van der Waals surface area contributed by atoms with Gasteiger partial charge in [0.1, 0.15) is 0 Å². The summed E-state index contributed by atoms with van der Waals surface area (Å²) in [6, 6.07) is 10.7. The van der Waals surface area contributed by atoms with E-state index >= 15 is 0 Å². The highest BCUT2D eigenvalue weighted by Gasteiger charge is 2.43. The van der Waals surface area contributed by atoms with Crippen molar-refractivity contribution in [2.24, 2.45) is 5.41 Å². The van der Waals surface area contributed by atoms with Gasteiger partial charge >= 0.3 is 5.97 Å². The number of piperazine rings is 1. The van der Waals surface area contributed by atoms with Gasteiger partial charge in [-0.3, -0.25) is 9.59 Å². The van der Waals surface area contributed by atoms with Crippen LogP contribution in [0.4, 0.5) is 0 Å². The van der Waals surface area contributed by atoms with Crippen molar-refractivity contribution >= 4 is 11.9 Å². The second-order valence-electron chi connectivity index (χ2n) is 9.32. The van der Waals surface area contributed by atoms with Crippen molar-refractivity contribution in [2.75, 3.05) is 53.4 Å². The van der Waals surface area contributed by atoms with Gasteiger partial charge in [0.15, 0.2) is 0 Å². The molecule has 0 bridgehead atoms. The van der Waals surface area contributed by atoms with Gasteiger partial charge in [0.05, 0.1) is 12.0 Å². The topological polar surface area (TPSA) is 53.1 Å². The molecule has 2 aliphatic rings. The number of piperidine rings is 1. The number of likely N-dealkylation sites (N-methyl/N-ethyl adjacent to an activating group) is 2. The predicted octanol–water partition coefficient (Wildman–Crippen LogP) is 2.82. The molecule has 2 fully saturated rings. The zero-order valence-electron chi connectivity index (χ0n) is 19.5. The van der Waals surface area contributed by atoms with Gasteiger partial charge in [-0.05, 0) is 58.7 Å². The second kappa shape index (κ2) is 11.1. The maximum atomic E-state index is 13.0. The first-order chi connectivity index (χ1) is 14.9. The summed E-state index contributed by atoms with van der Waals surface area (Å²) in [4.78, 5) is 32.5. The normalized spacial score (nSPS) is 22.3. The van der Waals surface area contributed by atoms with Crippen molar-refractivity contribution in [1.82, 2.24) is 14.7 Å². The van der Waals surface area contributed by atoms with E-state index in [1.807, 2.05) is 17.9 Å². The van der Waals surface area contributed by atoms with Crippen LogP contribution in [-0.2, 0) is 20.7 Å². The molecule has 172 valence electrons. The third-order valence-electron chi connectivity index (χ3n) is 7.14. The zero-order valence-corrected chi connectivity index (χ0v) is 19.5. The van der Waals surface area contributed by atoms with Crippen LogP contribution in [0.1, 0.15) is 44.6 Å². The molecule has 2 aliphatic heterocycles. The smallest absolute Gasteiger partial charge is 0.312 e. The average molecular weight is 430 g/mol. The van der Waals surface area contributed by atoms with Crippen LogP contribution in [-0.4, -0.2) is 86.0 Å². The molecule has 1 aromatic carbocycles. The lowest BCUT2D eigenvalue weighted by Crippen LogP contribution is -2.53. The fraction of sp³-hybridized carbons (Fsp3) is 0.680. The van der Waals surface area contributed by atoms with Crippen molar-refractivity contribution < 1.29 is 14.3 Å². The van der Waals surface area contributed by atoms with Gasteiger partial charge in [-0.2, -0.15) is 0 Å². The summed E-state index contributed by atoms with van der Waals surface area (Å²) in [5.41, 5.74) is 0.847. The van der Waals surface area contributed by atoms with Crippen LogP contribution in [0.25, 0.3) is 0 Å². The third-order valence-corrected chi connectivity index (χ3v) is 7.14. The molecule has 6 nitrogen and oxygen atoms in total. The Labute approximate surface area is 187 Å². The van der Waals surface area contributed by atoms with Crippen LogP contribution in [0.15, 0.2) is 30.3 Å². The van der Waals surface area contributed by atoms with Crippen molar-refractivity contribution in [3.63, 3.8) is 0 Å². The molecule has 0 saturated carbocycles. The van der Waals surface area contributed by atoms with E-state index < -0.39 is 5.41 Å².